The van der Waals surface area contributed by atoms with Gasteiger partial charge in [-0.25, -0.2) is 4.39 Å². The Balaban J connectivity index is 0.00000320. The van der Waals surface area contributed by atoms with Crippen LogP contribution in [0.3, 0.4) is 0 Å². The number of nitrogens with one attached hydrogen (secondary N) is 2. The van der Waals surface area contributed by atoms with E-state index in [1.54, 1.807) is 19.2 Å². The molecule has 6 nitrogen and oxygen atoms in total. The van der Waals surface area contributed by atoms with Gasteiger partial charge in [-0.15, -0.1) is 24.0 Å². The van der Waals surface area contributed by atoms with Crippen molar-refractivity contribution < 1.29 is 13.9 Å². The number of ether oxygens (including phenoxy) is 1. The van der Waals surface area contributed by atoms with Gasteiger partial charge in [-0.2, -0.15) is 0 Å². The van der Waals surface area contributed by atoms with Gasteiger partial charge < -0.3 is 21.1 Å². The highest BCUT2D eigenvalue weighted by Gasteiger charge is 2.44. The second-order valence-electron chi connectivity index (χ2n) is 7.29. The third-order valence-electron chi connectivity index (χ3n) is 5.12. The van der Waals surface area contributed by atoms with E-state index in [9.17, 15) is 9.18 Å². The number of primary amides is 1. The normalized spacial score (nSPS) is 14.4. The predicted molar refractivity (Wildman–Crippen MR) is 127 cm³/mol. The molecule has 2 aromatic carbocycles. The van der Waals surface area contributed by atoms with Crippen LogP contribution in [0.4, 0.5) is 4.39 Å². The zero-order chi connectivity index (χ0) is 20.7. The van der Waals surface area contributed by atoms with Crippen molar-refractivity contribution in [3.05, 3.63) is 65.5 Å². The van der Waals surface area contributed by atoms with E-state index in [2.05, 4.69) is 15.6 Å². The highest BCUT2D eigenvalue weighted by Crippen LogP contribution is 2.47. The lowest BCUT2D eigenvalue weighted by atomic mass is 9.96. The molecule has 0 spiro atoms. The van der Waals surface area contributed by atoms with Crippen LogP contribution < -0.4 is 21.1 Å². The van der Waals surface area contributed by atoms with Crippen LogP contribution in [0.5, 0.6) is 5.75 Å². The molecule has 2 aromatic rings. The Labute approximate surface area is 193 Å². The third kappa shape index (κ3) is 6.86. The summed E-state index contributed by atoms with van der Waals surface area (Å²) in [6, 6.07) is 14.4. The summed E-state index contributed by atoms with van der Waals surface area (Å²) < 4.78 is 18.8. The summed E-state index contributed by atoms with van der Waals surface area (Å²) in [5.41, 5.74) is 7.24. The number of hydrogen-bond acceptors (Lipinski definition) is 3. The molecule has 4 N–H and O–H groups in total. The monoisotopic (exact) mass is 526 g/mol. The topological polar surface area (TPSA) is 88.7 Å². The number of rotatable bonds is 9. The smallest absolute Gasteiger partial charge is 0.255 e. The van der Waals surface area contributed by atoms with E-state index in [0.29, 0.717) is 12.3 Å². The van der Waals surface area contributed by atoms with Crippen LogP contribution in [-0.2, 0) is 16.6 Å². The fourth-order valence-electron chi connectivity index (χ4n) is 3.24. The van der Waals surface area contributed by atoms with Gasteiger partial charge in [0.1, 0.15) is 11.6 Å². The summed E-state index contributed by atoms with van der Waals surface area (Å²) in [6.45, 7) is 1.32. The Kier molecular flexibility index (Phi) is 8.88. The van der Waals surface area contributed by atoms with Crippen molar-refractivity contribution >= 4 is 35.8 Å². The molecule has 3 rings (SSSR count). The van der Waals surface area contributed by atoms with Crippen molar-refractivity contribution in [2.24, 2.45) is 10.7 Å². The second-order valence-corrected chi connectivity index (χ2v) is 7.29. The molecule has 1 saturated carbocycles. The molecule has 8 heteroatoms. The molecular weight excluding hydrogens is 498 g/mol. The Morgan fingerprint density at radius 2 is 1.93 bits per heavy atom. The number of carbonyl (C=O) groups excluding carboxylic acids is 1. The molecule has 30 heavy (non-hydrogen) atoms. The first-order valence-corrected chi connectivity index (χ1v) is 9.71. The molecule has 0 radical (unpaired) electrons. The van der Waals surface area contributed by atoms with Crippen LogP contribution in [0, 0.1) is 5.82 Å². The van der Waals surface area contributed by atoms with Crippen LogP contribution in [0.1, 0.15) is 24.0 Å². The number of carbonyl (C=O) groups is 1. The maximum atomic E-state index is 13.5. The van der Waals surface area contributed by atoms with Gasteiger partial charge in [0, 0.05) is 25.6 Å². The number of benzene rings is 2. The number of hydrogen-bond donors (Lipinski definition) is 3. The Morgan fingerprint density at radius 3 is 2.53 bits per heavy atom. The summed E-state index contributed by atoms with van der Waals surface area (Å²) in [4.78, 5) is 15.0. The SMILES string of the molecule is CN=C(NCCc1ccc(OCC(N)=O)cc1)NCC1(c2cccc(F)c2)CC1.I. The fourth-order valence-corrected chi connectivity index (χ4v) is 3.24. The molecule has 0 aliphatic heterocycles. The van der Waals surface area contributed by atoms with Crippen LogP contribution in [-0.4, -0.2) is 38.6 Å². The maximum absolute atomic E-state index is 13.5. The van der Waals surface area contributed by atoms with Gasteiger partial charge in [0.2, 0.25) is 0 Å². The first kappa shape index (κ1) is 23.9. The van der Waals surface area contributed by atoms with E-state index in [4.69, 9.17) is 10.5 Å². The van der Waals surface area contributed by atoms with Gasteiger partial charge in [-0.1, -0.05) is 24.3 Å². The van der Waals surface area contributed by atoms with Crippen molar-refractivity contribution in [2.45, 2.75) is 24.7 Å². The number of nitrogens with zero attached hydrogens (tertiary/aromatic N) is 1. The fraction of sp³-hybridized carbons (Fsp3) is 0.364. The summed E-state index contributed by atoms with van der Waals surface area (Å²) in [7, 11) is 1.74. The van der Waals surface area contributed by atoms with Gasteiger partial charge in [0.25, 0.3) is 5.91 Å². The minimum absolute atomic E-state index is 0. The summed E-state index contributed by atoms with van der Waals surface area (Å²) in [5, 5.41) is 6.67. The molecule has 0 heterocycles. The van der Waals surface area contributed by atoms with Gasteiger partial charge in [-0.05, 0) is 54.7 Å². The van der Waals surface area contributed by atoms with Crippen molar-refractivity contribution in [1.29, 1.82) is 0 Å². The molecule has 1 amide bonds. The Hall–Kier alpha value is -2.36. The molecule has 0 saturated heterocycles. The highest BCUT2D eigenvalue weighted by molar-refractivity contribution is 14.0. The molecule has 1 aliphatic carbocycles. The van der Waals surface area contributed by atoms with Crippen LogP contribution in [0.25, 0.3) is 0 Å². The van der Waals surface area contributed by atoms with Crippen molar-refractivity contribution in [2.75, 3.05) is 26.7 Å². The number of aliphatic imine (C=N–C) groups is 1. The minimum Gasteiger partial charge on any atom is -0.484 e. The zero-order valence-corrected chi connectivity index (χ0v) is 19.3. The van der Waals surface area contributed by atoms with E-state index in [1.165, 1.54) is 6.07 Å². The number of halogens is 2. The Morgan fingerprint density at radius 1 is 1.20 bits per heavy atom. The largest absolute Gasteiger partial charge is 0.484 e. The average molecular weight is 526 g/mol. The first-order valence-electron chi connectivity index (χ1n) is 9.71. The highest BCUT2D eigenvalue weighted by atomic mass is 127. The molecule has 0 atom stereocenters. The van der Waals surface area contributed by atoms with E-state index in [0.717, 1.165) is 42.9 Å². The van der Waals surface area contributed by atoms with Crippen LogP contribution >= 0.6 is 24.0 Å². The number of guanidine groups is 1. The number of amides is 1. The molecule has 1 aliphatic rings. The van der Waals surface area contributed by atoms with Gasteiger partial charge in [0.15, 0.2) is 12.6 Å². The molecule has 162 valence electrons. The van der Waals surface area contributed by atoms with Crippen molar-refractivity contribution in [1.82, 2.24) is 10.6 Å². The maximum Gasteiger partial charge on any atom is 0.255 e. The zero-order valence-electron chi connectivity index (χ0n) is 17.0. The van der Waals surface area contributed by atoms with Crippen molar-refractivity contribution in [3.63, 3.8) is 0 Å². The van der Waals surface area contributed by atoms with Gasteiger partial charge in [0.05, 0.1) is 0 Å². The lowest BCUT2D eigenvalue weighted by Gasteiger charge is -2.19. The van der Waals surface area contributed by atoms with E-state index < -0.39 is 5.91 Å². The lowest BCUT2D eigenvalue weighted by molar-refractivity contribution is -0.119. The van der Waals surface area contributed by atoms with E-state index in [-0.39, 0.29) is 41.8 Å². The molecule has 0 aromatic heterocycles. The summed E-state index contributed by atoms with van der Waals surface area (Å²) in [6.07, 6.45) is 2.90. The second kappa shape index (κ2) is 11.1. The lowest BCUT2D eigenvalue weighted by Crippen LogP contribution is -2.42. The van der Waals surface area contributed by atoms with Crippen LogP contribution in [0.15, 0.2) is 53.5 Å². The summed E-state index contributed by atoms with van der Waals surface area (Å²) >= 11 is 0. The quantitative estimate of drug-likeness (QED) is 0.267. The van der Waals surface area contributed by atoms with Crippen LogP contribution in [0.2, 0.25) is 0 Å². The van der Waals surface area contributed by atoms with Gasteiger partial charge in [-0.3, -0.25) is 9.79 Å². The number of nitrogens with two attached hydrogens (primary N) is 1. The predicted octanol–water partition coefficient (Wildman–Crippen LogP) is 2.75. The standard InChI is InChI=1S/C22H27FN4O2.HI/c1-25-21(27-15-22(10-11-22)17-3-2-4-18(23)13-17)26-12-9-16-5-7-19(8-6-16)29-14-20(24)28;/h2-8,13H,9-12,14-15H2,1H3,(H2,24,28)(H2,25,26,27);1H. The molecule has 0 unspecified atom stereocenters. The van der Waals surface area contributed by atoms with E-state index in [1.807, 2.05) is 30.3 Å². The Bertz CT molecular complexity index is 870. The third-order valence-corrected chi connectivity index (χ3v) is 5.12. The van der Waals surface area contributed by atoms with E-state index >= 15 is 0 Å². The van der Waals surface area contributed by atoms with Gasteiger partial charge >= 0.3 is 0 Å². The summed E-state index contributed by atoms with van der Waals surface area (Å²) in [5.74, 6) is 0.656. The van der Waals surface area contributed by atoms with Crippen molar-refractivity contribution in [3.8, 4) is 5.75 Å². The first-order chi connectivity index (χ1) is 14.0. The molecule has 0 bridgehead atoms. The average Bonchev–Trinajstić information content (AvgIpc) is 3.51. The minimum atomic E-state index is -0.498. The molecular formula is C22H28FIN4O2. The molecule has 1 fully saturated rings.